The summed E-state index contributed by atoms with van der Waals surface area (Å²) in [4.78, 5) is 5.18. The molecule has 0 aliphatic heterocycles. The van der Waals surface area contributed by atoms with Gasteiger partial charge in [0, 0.05) is 15.7 Å². The normalized spacial score (nSPS) is 16.7. The van der Waals surface area contributed by atoms with Crippen LogP contribution in [0.2, 0.25) is 0 Å². The first-order valence-corrected chi connectivity index (χ1v) is 3.32. The van der Waals surface area contributed by atoms with Crippen molar-refractivity contribution in [3.8, 4) is 0 Å². The molecule has 0 spiro atoms. The molecule has 0 saturated carbocycles. The molecule has 0 saturated heterocycles. The number of azide groups is 1. The van der Waals surface area contributed by atoms with E-state index in [2.05, 4.69) is 20.1 Å². The summed E-state index contributed by atoms with van der Waals surface area (Å²) >= 11 is 0. The molecule has 12 heavy (non-hydrogen) atoms. The van der Waals surface area contributed by atoms with Crippen molar-refractivity contribution in [2.45, 2.75) is 6.17 Å². The molecule has 0 aromatic rings. The zero-order chi connectivity index (χ0) is 8.81. The Balaban J connectivity index is 2.77. The molecule has 6 nitrogen and oxygen atoms in total. The molecule has 0 amide bonds. The van der Waals surface area contributed by atoms with Crippen LogP contribution in [0.5, 0.6) is 0 Å². The highest BCUT2D eigenvalue weighted by atomic mass is 15.3. The monoisotopic (exact) mass is 162 g/mol. The molecule has 6 heteroatoms. The molecule has 0 radical (unpaired) electrons. The molecule has 0 bridgehead atoms. The Bertz CT molecular complexity index is 274. The Morgan fingerprint density at radius 1 is 1.08 bits per heavy atom. The number of hydrogen-bond acceptors (Lipinski definition) is 2. The van der Waals surface area contributed by atoms with E-state index in [0.29, 0.717) is 0 Å². The van der Waals surface area contributed by atoms with Crippen molar-refractivity contribution in [3.05, 3.63) is 45.2 Å². The summed E-state index contributed by atoms with van der Waals surface area (Å²) in [5.74, 6) is -0.100. The van der Waals surface area contributed by atoms with Crippen LogP contribution >= 0.6 is 0 Å². The summed E-state index contributed by atoms with van der Waals surface area (Å²) in [5.41, 5.74) is 16.3. The highest BCUT2D eigenvalue weighted by Crippen LogP contribution is 2.17. The first-order chi connectivity index (χ1) is 5.88. The predicted octanol–water partition coefficient (Wildman–Crippen LogP) is 2.68. The van der Waals surface area contributed by atoms with Gasteiger partial charge in [0.15, 0.2) is 0 Å². The van der Waals surface area contributed by atoms with Crippen molar-refractivity contribution in [1.29, 1.82) is 0 Å². The van der Waals surface area contributed by atoms with Crippen LogP contribution in [0.25, 0.3) is 20.9 Å². The topological polar surface area (TPSA) is 97.5 Å². The highest BCUT2D eigenvalue weighted by Gasteiger charge is 2.14. The molecule has 1 rings (SSSR count). The first kappa shape index (κ1) is 8.20. The van der Waals surface area contributed by atoms with Gasteiger partial charge in [-0.15, -0.1) is 0 Å². The fourth-order valence-electron chi connectivity index (χ4n) is 0.931. The Hall–Kier alpha value is -1.90. The molecule has 0 atom stereocenters. The minimum Gasteiger partial charge on any atom is -0.0837 e. The quantitative estimate of drug-likeness (QED) is 0.346. The minimum atomic E-state index is -0.685. The van der Waals surface area contributed by atoms with Crippen LogP contribution < -0.4 is 0 Å². The van der Waals surface area contributed by atoms with Crippen molar-refractivity contribution >= 4 is 0 Å². The second-order valence-electron chi connectivity index (χ2n) is 2.17. The Labute approximate surface area is 68.4 Å². The smallest absolute Gasteiger partial charge is 0.0837 e. The lowest BCUT2D eigenvalue weighted by molar-refractivity contribution is 0.605. The first-order valence-electron chi connectivity index (χ1n) is 3.32. The van der Waals surface area contributed by atoms with Gasteiger partial charge in [0.2, 0.25) is 0 Å². The molecule has 1 aliphatic rings. The van der Waals surface area contributed by atoms with Crippen LogP contribution in [0.4, 0.5) is 0 Å². The summed E-state index contributed by atoms with van der Waals surface area (Å²) in [6, 6.07) is 0. The molecule has 1 aliphatic carbocycles. The van der Waals surface area contributed by atoms with Gasteiger partial charge in [0.1, 0.15) is 6.17 Å². The fraction of sp³-hybridized carbons (Fsp3) is 0.333. The molecule has 0 aromatic heterocycles. The van der Waals surface area contributed by atoms with Gasteiger partial charge in [0.05, 0.1) is 0 Å². The molecule has 60 valence electrons. The summed E-state index contributed by atoms with van der Waals surface area (Å²) < 4.78 is 0. The Morgan fingerprint density at radius 2 is 1.58 bits per heavy atom. The van der Waals surface area contributed by atoms with Crippen LogP contribution in [0.15, 0.2) is 34.5 Å². The van der Waals surface area contributed by atoms with Gasteiger partial charge in [-0.2, -0.15) is 0 Å². The Morgan fingerprint density at radius 3 is 2.00 bits per heavy atom. The standard InChI is InChI=1S/C6H6N6/c7-11-9-6(10-12-8)5-3-1-2-4-5/h1-6H. The van der Waals surface area contributed by atoms with Crippen LogP contribution in [-0.2, 0) is 0 Å². The minimum absolute atomic E-state index is 0.100. The zero-order valence-electron chi connectivity index (χ0n) is 6.15. The predicted molar refractivity (Wildman–Crippen MR) is 43.9 cm³/mol. The molecule has 0 N–H and O–H groups in total. The van der Waals surface area contributed by atoms with E-state index in [1.807, 2.05) is 24.3 Å². The second-order valence-corrected chi connectivity index (χ2v) is 2.17. The third-order valence-corrected chi connectivity index (χ3v) is 1.46. The maximum atomic E-state index is 8.15. The molecule has 0 unspecified atom stereocenters. The third kappa shape index (κ3) is 1.79. The molecular weight excluding hydrogens is 156 g/mol. The van der Waals surface area contributed by atoms with Gasteiger partial charge in [-0.3, -0.25) is 0 Å². The van der Waals surface area contributed by atoms with E-state index in [0.717, 1.165) is 0 Å². The summed E-state index contributed by atoms with van der Waals surface area (Å²) in [7, 11) is 0. The summed E-state index contributed by atoms with van der Waals surface area (Å²) in [6.45, 7) is 0. The Kier molecular flexibility index (Phi) is 2.79. The number of rotatable bonds is 3. The largest absolute Gasteiger partial charge is 0.125 e. The van der Waals surface area contributed by atoms with Crippen LogP contribution in [0.3, 0.4) is 0 Å². The van der Waals surface area contributed by atoms with Crippen molar-refractivity contribution < 1.29 is 0 Å². The molecule has 0 heterocycles. The zero-order valence-corrected chi connectivity index (χ0v) is 6.15. The second kappa shape index (κ2) is 4.08. The lowest BCUT2D eigenvalue weighted by Gasteiger charge is -2.07. The van der Waals surface area contributed by atoms with Gasteiger partial charge in [-0.05, 0) is 11.1 Å². The van der Waals surface area contributed by atoms with E-state index in [1.165, 1.54) is 0 Å². The number of allylic oxidation sites excluding steroid dienone is 2. The van der Waals surface area contributed by atoms with E-state index in [4.69, 9.17) is 11.1 Å². The maximum absolute atomic E-state index is 8.15. The van der Waals surface area contributed by atoms with E-state index >= 15 is 0 Å². The maximum Gasteiger partial charge on any atom is 0.125 e. The van der Waals surface area contributed by atoms with E-state index < -0.39 is 6.17 Å². The van der Waals surface area contributed by atoms with Crippen LogP contribution in [-0.4, -0.2) is 6.17 Å². The summed E-state index contributed by atoms with van der Waals surface area (Å²) in [6.07, 6.45) is 6.58. The van der Waals surface area contributed by atoms with E-state index in [-0.39, 0.29) is 5.92 Å². The SMILES string of the molecule is [N-]=[N+]=NC(N=[N+]=[N-])C1C=CC=C1. The average Bonchev–Trinajstić information content (AvgIpc) is 2.56. The van der Waals surface area contributed by atoms with E-state index in [1.54, 1.807) is 0 Å². The van der Waals surface area contributed by atoms with Gasteiger partial charge in [-0.1, -0.05) is 34.5 Å². The van der Waals surface area contributed by atoms with Crippen molar-refractivity contribution in [2.75, 3.05) is 0 Å². The lowest BCUT2D eigenvalue weighted by atomic mass is 10.1. The number of hydrogen-bond donors (Lipinski definition) is 0. The van der Waals surface area contributed by atoms with E-state index in [9.17, 15) is 0 Å². The fourth-order valence-corrected chi connectivity index (χ4v) is 0.931. The molecule has 0 aromatic carbocycles. The molecular formula is C6H6N6. The van der Waals surface area contributed by atoms with Crippen molar-refractivity contribution in [1.82, 2.24) is 0 Å². The summed E-state index contributed by atoms with van der Waals surface area (Å²) in [5, 5.41) is 6.71. The lowest BCUT2D eigenvalue weighted by Crippen LogP contribution is -2.08. The van der Waals surface area contributed by atoms with Gasteiger partial charge < -0.3 is 0 Å². The van der Waals surface area contributed by atoms with Crippen LogP contribution in [0, 0.1) is 5.92 Å². The third-order valence-electron chi connectivity index (χ3n) is 1.46. The van der Waals surface area contributed by atoms with Crippen LogP contribution in [0.1, 0.15) is 0 Å². The average molecular weight is 162 g/mol. The van der Waals surface area contributed by atoms with Crippen molar-refractivity contribution in [2.24, 2.45) is 16.1 Å². The van der Waals surface area contributed by atoms with Gasteiger partial charge in [0.25, 0.3) is 0 Å². The number of nitrogens with zero attached hydrogens (tertiary/aromatic N) is 6. The van der Waals surface area contributed by atoms with Crippen molar-refractivity contribution in [3.63, 3.8) is 0 Å². The highest BCUT2D eigenvalue weighted by molar-refractivity contribution is 5.19. The van der Waals surface area contributed by atoms with Gasteiger partial charge >= 0.3 is 0 Å². The van der Waals surface area contributed by atoms with Gasteiger partial charge in [-0.25, -0.2) is 0 Å². The molecule has 0 fully saturated rings.